The number of allylic oxidation sites excluding steroid dienone is 3. The summed E-state index contributed by atoms with van der Waals surface area (Å²) in [4.78, 5) is 11.2. The van der Waals surface area contributed by atoms with E-state index < -0.39 is 0 Å². The van der Waals surface area contributed by atoms with Crippen molar-refractivity contribution in [2.45, 2.75) is 27.2 Å². The Hall–Kier alpha value is -0.850. The van der Waals surface area contributed by atoms with E-state index in [4.69, 9.17) is 0 Å². The second kappa shape index (κ2) is 3.26. The fraction of sp³-hybridized carbons (Fsp3) is 0.545. The number of carbonyl (C=O) groups is 1. The van der Waals surface area contributed by atoms with Gasteiger partial charge in [-0.15, -0.1) is 0 Å². The lowest BCUT2D eigenvalue weighted by molar-refractivity contribution is -0.121. The molecule has 1 aliphatic rings. The van der Waals surface area contributed by atoms with Gasteiger partial charge in [0.1, 0.15) is 5.78 Å². The summed E-state index contributed by atoms with van der Waals surface area (Å²) < 4.78 is 0. The molecule has 0 spiro atoms. The average molecular weight is 164 g/mol. The molecule has 0 aromatic heterocycles. The zero-order valence-electron chi connectivity index (χ0n) is 8.05. The first-order chi connectivity index (χ1) is 5.52. The molecule has 1 nitrogen and oxygen atoms in total. The number of ketones is 1. The van der Waals surface area contributed by atoms with Crippen LogP contribution < -0.4 is 0 Å². The van der Waals surface area contributed by atoms with E-state index in [0.717, 1.165) is 12.0 Å². The van der Waals surface area contributed by atoms with Crippen LogP contribution in [0.2, 0.25) is 0 Å². The monoisotopic (exact) mass is 164 g/mol. The second-order valence-electron chi connectivity index (χ2n) is 3.73. The highest BCUT2D eigenvalue weighted by atomic mass is 16.1. The minimum atomic E-state index is 0.168. The van der Waals surface area contributed by atoms with Gasteiger partial charge in [0.15, 0.2) is 0 Å². The molecule has 1 rings (SSSR count). The molecule has 0 fully saturated rings. The average Bonchev–Trinajstić information content (AvgIpc) is 1.96. The summed E-state index contributed by atoms with van der Waals surface area (Å²) in [5.74, 6) is 0.835. The topological polar surface area (TPSA) is 17.1 Å². The van der Waals surface area contributed by atoms with Crippen LogP contribution in [0.4, 0.5) is 0 Å². The maximum atomic E-state index is 11.2. The number of carbonyl (C=O) groups excluding carboxylic acids is 1. The molecule has 0 saturated carbocycles. The predicted octanol–water partition coefficient (Wildman–Crippen LogP) is 2.73. The Morgan fingerprint density at radius 2 is 2.25 bits per heavy atom. The molecule has 0 unspecified atom stereocenters. The number of hydrogen-bond donors (Lipinski definition) is 0. The zero-order valence-corrected chi connectivity index (χ0v) is 8.05. The van der Waals surface area contributed by atoms with Crippen LogP contribution in [0, 0.1) is 11.8 Å². The van der Waals surface area contributed by atoms with Gasteiger partial charge in [-0.3, -0.25) is 4.79 Å². The fourth-order valence-electron chi connectivity index (χ4n) is 1.75. The first-order valence-electron chi connectivity index (χ1n) is 4.39. The SMILES string of the molecule is C=C1C[C@@H](C(C)=O)[C@H](C)C=C1C. The Morgan fingerprint density at radius 3 is 2.75 bits per heavy atom. The van der Waals surface area contributed by atoms with Crippen molar-refractivity contribution < 1.29 is 4.79 Å². The third-order valence-electron chi connectivity index (χ3n) is 2.69. The summed E-state index contributed by atoms with van der Waals surface area (Å²) in [6.45, 7) is 9.78. The third-order valence-corrected chi connectivity index (χ3v) is 2.69. The first-order valence-corrected chi connectivity index (χ1v) is 4.39. The van der Waals surface area contributed by atoms with Crippen molar-refractivity contribution in [3.8, 4) is 0 Å². The van der Waals surface area contributed by atoms with Crippen LogP contribution in [0.15, 0.2) is 23.8 Å². The molecule has 0 aliphatic heterocycles. The fourth-order valence-corrected chi connectivity index (χ4v) is 1.75. The van der Waals surface area contributed by atoms with Crippen LogP contribution in [0.1, 0.15) is 27.2 Å². The molecular weight excluding hydrogens is 148 g/mol. The molecule has 0 N–H and O–H groups in total. The van der Waals surface area contributed by atoms with E-state index in [1.807, 2.05) is 0 Å². The molecule has 0 saturated heterocycles. The summed E-state index contributed by atoms with van der Waals surface area (Å²) in [6, 6.07) is 0. The Morgan fingerprint density at radius 1 is 1.67 bits per heavy atom. The first kappa shape index (κ1) is 9.24. The minimum Gasteiger partial charge on any atom is -0.300 e. The molecule has 66 valence electrons. The normalized spacial score (nSPS) is 29.9. The smallest absolute Gasteiger partial charge is 0.133 e. The maximum absolute atomic E-state index is 11.2. The minimum absolute atomic E-state index is 0.168. The van der Waals surface area contributed by atoms with Gasteiger partial charge in [-0.05, 0) is 26.2 Å². The van der Waals surface area contributed by atoms with Crippen LogP contribution in [-0.2, 0) is 4.79 Å². The van der Waals surface area contributed by atoms with Crippen LogP contribution in [0.5, 0.6) is 0 Å². The van der Waals surface area contributed by atoms with Crippen LogP contribution >= 0.6 is 0 Å². The van der Waals surface area contributed by atoms with Gasteiger partial charge in [0.05, 0.1) is 0 Å². The zero-order chi connectivity index (χ0) is 9.30. The summed E-state index contributed by atoms with van der Waals surface area (Å²) in [5.41, 5.74) is 2.37. The van der Waals surface area contributed by atoms with Crippen molar-refractivity contribution in [3.05, 3.63) is 23.8 Å². The maximum Gasteiger partial charge on any atom is 0.133 e. The van der Waals surface area contributed by atoms with Crippen molar-refractivity contribution >= 4 is 5.78 Å². The lowest BCUT2D eigenvalue weighted by atomic mass is 9.78. The number of Topliss-reactive ketones (excluding diaryl/α,β-unsaturated/α-hetero) is 1. The summed E-state index contributed by atoms with van der Waals surface area (Å²) >= 11 is 0. The van der Waals surface area contributed by atoms with Crippen molar-refractivity contribution in [2.75, 3.05) is 0 Å². The summed E-state index contributed by atoms with van der Waals surface area (Å²) in [6.07, 6.45) is 3.00. The van der Waals surface area contributed by atoms with Gasteiger partial charge in [0.2, 0.25) is 0 Å². The number of hydrogen-bond acceptors (Lipinski definition) is 1. The molecule has 0 aromatic carbocycles. The second-order valence-corrected chi connectivity index (χ2v) is 3.73. The molecule has 0 bridgehead atoms. The van der Waals surface area contributed by atoms with Crippen LogP contribution in [0.3, 0.4) is 0 Å². The highest BCUT2D eigenvalue weighted by Crippen LogP contribution is 2.31. The lowest BCUT2D eigenvalue weighted by Gasteiger charge is -2.26. The van der Waals surface area contributed by atoms with Gasteiger partial charge in [-0.25, -0.2) is 0 Å². The van der Waals surface area contributed by atoms with Gasteiger partial charge in [-0.1, -0.05) is 30.7 Å². The van der Waals surface area contributed by atoms with E-state index in [0.29, 0.717) is 5.92 Å². The van der Waals surface area contributed by atoms with Gasteiger partial charge in [0, 0.05) is 5.92 Å². The van der Waals surface area contributed by atoms with E-state index in [2.05, 4.69) is 26.5 Å². The van der Waals surface area contributed by atoms with Crippen LogP contribution in [0.25, 0.3) is 0 Å². The lowest BCUT2D eigenvalue weighted by Crippen LogP contribution is -2.22. The highest BCUT2D eigenvalue weighted by molar-refractivity contribution is 5.79. The Bertz CT molecular complexity index is 248. The molecule has 2 atom stereocenters. The van der Waals surface area contributed by atoms with Crippen LogP contribution in [-0.4, -0.2) is 5.78 Å². The standard InChI is InChI=1S/C11H16O/c1-7-5-9(3)11(10(4)12)6-8(7)2/h5,9,11H,2,6H2,1,3-4H3/t9-,11-/m1/s1. The summed E-state index contributed by atoms with van der Waals surface area (Å²) in [5, 5.41) is 0. The largest absolute Gasteiger partial charge is 0.300 e. The van der Waals surface area contributed by atoms with E-state index >= 15 is 0 Å². The molecule has 1 heteroatoms. The number of rotatable bonds is 1. The van der Waals surface area contributed by atoms with Crippen molar-refractivity contribution in [1.29, 1.82) is 0 Å². The van der Waals surface area contributed by atoms with Gasteiger partial charge in [-0.2, -0.15) is 0 Å². The quantitative estimate of drug-likeness (QED) is 0.582. The molecule has 0 heterocycles. The van der Waals surface area contributed by atoms with Gasteiger partial charge >= 0.3 is 0 Å². The van der Waals surface area contributed by atoms with E-state index in [1.54, 1.807) is 6.92 Å². The Labute approximate surface area is 74.2 Å². The van der Waals surface area contributed by atoms with Crippen molar-refractivity contribution in [3.63, 3.8) is 0 Å². The van der Waals surface area contributed by atoms with E-state index in [1.165, 1.54) is 5.57 Å². The molecule has 0 amide bonds. The molecule has 0 aromatic rings. The highest BCUT2D eigenvalue weighted by Gasteiger charge is 2.25. The third kappa shape index (κ3) is 1.66. The molecular formula is C11H16O. The van der Waals surface area contributed by atoms with Crippen molar-refractivity contribution in [2.24, 2.45) is 11.8 Å². The molecule has 1 aliphatic carbocycles. The van der Waals surface area contributed by atoms with Crippen molar-refractivity contribution in [1.82, 2.24) is 0 Å². The Kier molecular flexibility index (Phi) is 2.51. The molecule has 12 heavy (non-hydrogen) atoms. The van der Waals surface area contributed by atoms with E-state index in [-0.39, 0.29) is 11.7 Å². The predicted molar refractivity (Wildman–Crippen MR) is 50.8 cm³/mol. The van der Waals surface area contributed by atoms with Gasteiger partial charge in [0.25, 0.3) is 0 Å². The Balaban J connectivity index is 2.86. The molecule has 0 radical (unpaired) electrons. The van der Waals surface area contributed by atoms with Gasteiger partial charge < -0.3 is 0 Å². The van der Waals surface area contributed by atoms with E-state index in [9.17, 15) is 4.79 Å². The summed E-state index contributed by atoms with van der Waals surface area (Å²) in [7, 11) is 0.